The van der Waals surface area contributed by atoms with Crippen molar-refractivity contribution in [2.24, 2.45) is 17.8 Å². The average Bonchev–Trinajstić information content (AvgIpc) is 2.10. The van der Waals surface area contributed by atoms with Crippen molar-refractivity contribution in [1.29, 1.82) is 0 Å². The molecule has 0 N–H and O–H groups in total. The Morgan fingerprint density at radius 2 is 2.07 bits per heavy atom. The highest BCUT2D eigenvalue weighted by Crippen LogP contribution is 2.43. The molecule has 5 atom stereocenters. The van der Waals surface area contributed by atoms with Crippen LogP contribution in [-0.4, -0.2) is 9.17 Å². The molecule has 2 heteroatoms. The predicted molar refractivity (Wildman–Crippen MR) is 76.5 cm³/mol. The Hall–Kier alpha value is 1.08. The van der Waals surface area contributed by atoms with E-state index < -0.39 is 0 Å². The molecule has 0 saturated heterocycles. The minimum absolute atomic E-state index is 0.564. The van der Waals surface area contributed by atoms with Crippen LogP contribution in [0.3, 0.4) is 0 Å². The lowest BCUT2D eigenvalue weighted by Gasteiger charge is -2.41. The number of alkyl halides is 1. The largest absolute Gasteiger partial charge is 0.176 e. The van der Waals surface area contributed by atoms with Gasteiger partial charge in [0.05, 0.1) is 0 Å². The molecule has 4 unspecified atom stereocenters. The minimum atomic E-state index is 0.564. The van der Waals surface area contributed by atoms with Crippen LogP contribution in [0.5, 0.6) is 0 Å². The molecule has 1 rings (SSSR count). The maximum Gasteiger partial charge on any atom is 0.0120 e. The van der Waals surface area contributed by atoms with Crippen molar-refractivity contribution in [3.05, 3.63) is 0 Å². The molecule has 0 aromatic heterocycles. The van der Waals surface area contributed by atoms with Crippen LogP contribution >= 0.6 is 35.2 Å². The van der Waals surface area contributed by atoms with Gasteiger partial charge in [-0.1, -0.05) is 43.4 Å². The van der Waals surface area contributed by atoms with Crippen LogP contribution < -0.4 is 0 Å². The summed E-state index contributed by atoms with van der Waals surface area (Å²) < 4.78 is 0.836. The Morgan fingerprint density at radius 3 is 2.50 bits per heavy atom. The summed E-state index contributed by atoms with van der Waals surface area (Å²) >= 11 is 7.04. The SMILES string of the molecule is CC(S)CC(I)CC[C@@H]1CC(C)C1C. The lowest BCUT2D eigenvalue weighted by molar-refractivity contribution is 0.0932. The second kappa shape index (κ2) is 5.97. The Kier molecular flexibility index (Phi) is 5.61. The van der Waals surface area contributed by atoms with E-state index in [0.29, 0.717) is 5.25 Å². The van der Waals surface area contributed by atoms with Gasteiger partial charge in [0, 0.05) is 3.92 Å². The second-order valence-corrected chi connectivity index (χ2v) is 7.73. The molecule has 0 radical (unpaired) electrons. The highest BCUT2D eigenvalue weighted by Gasteiger charge is 2.33. The van der Waals surface area contributed by atoms with Gasteiger partial charge in [-0.25, -0.2) is 0 Å². The summed E-state index contributed by atoms with van der Waals surface area (Å²) in [7, 11) is 0. The summed E-state index contributed by atoms with van der Waals surface area (Å²) in [6.07, 6.45) is 5.58. The zero-order valence-corrected chi connectivity index (χ0v) is 12.6. The third kappa shape index (κ3) is 3.92. The van der Waals surface area contributed by atoms with E-state index in [1.54, 1.807) is 0 Å². The van der Waals surface area contributed by atoms with Gasteiger partial charge in [0.2, 0.25) is 0 Å². The number of halogens is 1. The number of thiol groups is 1. The van der Waals surface area contributed by atoms with Crippen molar-refractivity contribution in [3.8, 4) is 0 Å². The van der Waals surface area contributed by atoms with Gasteiger partial charge in [-0.15, -0.1) is 0 Å². The van der Waals surface area contributed by atoms with Crippen molar-refractivity contribution < 1.29 is 0 Å². The van der Waals surface area contributed by atoms with Crippen LogP contribution in [0.25, 0.3) is 0 Å². The van der Waals surface area contributed by atoms with E-state index in [1.165, 1.54) is 25.7 Å². The Balaban J connectivity index is 2.09. The van der Waals surface area contributed by atoms with Crippen LogP contribution in [0.4, 0.5) is 0 Å². The van der Waals surface area contributed by atoms with Crippen LogP contribution in [0.1, 0.15) is 46.5 Å². The topological polar surface area (TPSA) is 0 Å². The lowest BCUT2D eigenvalue weighted by atomic mass is 9.65. The molecule has 1 fully saturated rings. The van der Waals surface area contributed by atoms with E-state index in [9.17, 15) is 0 Å². The van der Waals surface area contributed by atoms with E-state index in [0.717, 1.165) is 21.7 Å². The first-order valence-corrected chi connectivity index (χ1v) is 7.59. The molecular weight excluding hydrogens is 303 g/mol. The molecule has 0 nitrogen and oxygen atoms in total. The van der Waals surface area contributed by atoms with Crippen molar-refractivity contribution in [2.75, 3.05) is 0 Å². The maximum atomic E-state index is 4.45. The molecule has 1 aliphatic carbocycles. The molecule has 0 aliphatic heterocycles. The van der Waals surface area contributed by atoms with Gasteiger partial charge in [0.15, 0.2) is 0 Å². The standard InChI is InChI=1S/C12H23IS/c1-8-6-11(10(8)3)4-5-12(13)7-9(2)14/h8-12,14H,4-7H2,1-3H3/t8?,9?,10?,11-,12?/m1/s1. The molecule has 84 valence electrons. The fraction of sp³-hybridized carbons (Fsp3) is 1.00. The minimum Gasteiger partial charge on any atom is -0.176 e. The third-order valence-electron chi connectivity index (χ3n) is 3.76. The van der Waals surface area contributed by atoms with Crippen molar-refractivity contribution in [1.82, 2.24) is 0 Å². The summed E-state index contributed by atoms with van der Waals surface area (Å²) in [6, 6.07) is 0. The lowest BCUT2D eigenvalue weighted by Crippen LogP contribution is -2.32. The van der Waals surface area contributed by atoms with Crippen LogP contribution in [0.15, 0.2) is 0 Å². The van der Waals surface area contributed by atoms with Gasteiger partial charge < -0.3 is 0 Å². The summed E-state index contributed by atoms with van der Waals surface area (Å²) in [4.78, 5) is 0. The fourth-order valence-electron chi connectivity index (χ4n) is 2.44. The fourth-order valence-corrected chi connectivity index (χ4v) is 4.22. The first-order chi connectivity index (χ1) is 6.50. The highest BCUT2D eigenvalue weighted by atomic mass is 127. The summed E-state index contributed by atoms with van der Waals surface area (Å²) in [5.74, 6) is 2.99. The molecule has 0 aromatic carbocycles. The monoisotopic (exact) mass is 326 g/mol. The van der Waals surface area contributed by atoms with Crippen molar-refractivity contribution in [3.63, 3.8) is 0 Å². The average molecular weight is 326 g/mol. The Labute approximate surface area is 108 Å². The molecule has 0 bridgehead atoms. The Morgan fingerprint density at radius 1 is 1.43 bits per heavy atom. The van der Waals surface area contributed by atoms with Gasteiger partial charge in [0.1, 0.15) is 0 Å². The molecule has 0 heterocycles. The first kappa shape index (κ1) is 13.1. The first-order valence-electron chi connectivity index (χ1n) is 5.82. The van der Waals surface area contributed by atoms with E-state index in [4.69, 9.17) is 0 Å². The molecule has 0 aromatic rings. The maximum absolute atomic E-state index is 4.45. The van der Waals surface area contributed by atoms with Crippen molar-refractivity contribution >= 4 is 35.2 Å². The number of hydrogen-bond acceptors (Lipinski definition) is 1. The van der Waals surface area contributed by atoms with Gasteiger partial charge in [-0.2, -0.15) is 12.6 Å². The number of hydrogen-bond donors (Lipinski definition) is 1. The van der Waals surface area contributed by atoms with E-state index >= 15 is 0 Å². The zero-order chi connectivity index (χ0) is 10.7. The Bertz CT molecular complexity index is 170. The van der Waals surface area contributed by atoms with Crippen molar-refractivity contribution in [2.45, 2.75) is 55.6 Å². The third-order valence-corrected chi connectivity index (χ3v) is 5.11. The molecule has 0 amide bonds. The quantitative estimate of drug-likeness (QED) is 0.427. The van der Waals surface area contributed by atoms with Crippen LogP contribution in [-0.2, 0) is 0 Å². The molecule has 14 heavy (non-hydrogen) atoms. The number of rotatable bonds is 5. The van der Waals surface area contributed by atoms with E-state index in [-0.39, 0.29) is 0 Å². The highest BCUT2D eigenvalue weighted by molar-refractivity contribution is 14.1. The summed E-state index contributed by atoms with van der Waals surface area (Å²) in [5, 5.41) is 0.564. The smallest absolute Gasteiger partial charge is 0.0120 e. The van der Waals surface area contributed by atoms with Gasteiger partial charge in [-0.3, -0.25) is 0 Å². The molecular formula is C12H23IS. The van der Waals surface area contributed by atoms with Gasteiger partial charge in [-0.05, 0) is 48.7 Å². The van der Waals surface area contributed by atoms with Crippen LogP contribution in [0, 0.1) is 17.8 Å². The van der Waals surface area contributed by atoms with Crippen LogP contribution in [0.2, 0.25) is 0 Å². The summed E-state index contributed by atoms with van der Waals surface area (Å²) in [5.41, 5.74) is 0. The molecule has 0 spiro atoms. The zero-order valence-electron chi connectivity index (χ0n) is 9.54. The van der Waals surface area contributed by atoms with Gasteiger partial charge in [0.25, 0.3) is 0 Å². The predicted octanol–water partition coefficient (Wildman–Crippen LogP) is 4.57. The normalized spacial score (nSPS) is 36.2. The van der Waals surface area contributed by atoms with E-state index in [2.05, 4.69) is 56.0 Å². The van der Waals surface area contributed by atoms with Gasteiger partial charge >= 0.3 is 0 Å². The summed E-state index contributed by atoms with van der Waals surface area (Å²) in [6.45, 7) is 7.00. The molecule has 1 saturated carbocycles. The second-order valence-electron chi connectivity index (χ2n) is 5.09. The van der Waals surface area contributed by atoms with E-state index in [1.807, 2.05) is 0 Å². The molecule has 1 aliphatic rings.